The number of rotatable bonds is 9. The van der Waals surface area contributed by atoms with Crippen molar-refractivity contribution < 1.29 is 27.5 Å². The molecule has 3 rings (SSSR count). The molecule has 2 unspecified atom stereocenters. The van der Waals surface area contributed by atoms with Gasteiger partial charge in [0.2, 0.25) is 10.0 Å². The minimum atomic E-state index is -3.63. The summed E-state index contributed by atoms with van der Waals surface area (Å²) < 4.78 is 37.3. The van der Waals surface area contributed by atoms with Crippen LogP contribution in [0.25, 0.3) is 0 Å². The maximum atomic E-state index is 12.8. The molecule has 8 heteroatoms. The van der Waals surface area contributed by atoms with Crippen molar-refractivity contribution in [3.8, 4) is 0 Å². The van der Waals surface area contributed by atoms with E-state index in [1.54, 1.807) is 0 Å². The topological polar surface area (TPSA) is 90.0 Å². The average molecular weight is 460 g/mol. The fourth-order valence-corrected chi connectivity index (χ4v) is 5.06. The van der Waals surface area contributed by atoms with E-state index < -0.39 is 28.5 Å². The van der Waals surface area contributed by atoms with Crippen molar-refractivity contribution in [3.05, 3.63) is 65.7 Å². The molecule has 7 nitrogen and oxygen atoms in total. The van der Waals surface area contributed by atoms with Crippen molar-refractivity contribution in [2.45, 2.75) is 31.1 Å². The number of Topliss-reactive ketones (excluding diaryl/α,β-unsaturated/α-hetero) is 1. The highest BCUT2D eigenvalue weighted by Crippen LogP contribution is 2.28. The monoisotopic (exact) mass is 459 g/mol. The summed E-state index contributed by atoms with van der Waals surface area (Å²) >= 11 is 0. The van der Waals surface area contributed by atoms with Gasteiger partial charge in [0.15, 0.2) is 12.4 Å². The van der Waals surface area contributed by atoms with Gasteiger partial charge in [-0.1, -0.05) is 50.6 Å². The third-order valence-electron chi connectivity index (χ3n) is 5.76. The van der Waals surface area contributed by atoms with E-state index in [4.69, 9.17) is 9.47 Å². The number of benzene rings is 2. The number of morpholine rings is 1. The van der Waals surface area contributed by atoms with Crippen LogP contribution in [-0.2, 0) is 24.3 Å². The highest BCUT2D eigenvalue weighted by atomic mass is 32.2. The first kappa shape index (κ1) is 24.1. The third-order valence-corrected chi connectivity index (χ3v) is 7.67. The molecule has 0 amide bonds. The Bertz CT molecular complexity index is 1010. The van der Waals surface area contributed by atoms with Gasteiger partial charge < -0.3 is 9.47 Å². The predicted molar refractivity (Wildman–Crippen MR) is 120 cm³/mol. The van der Waals surface area contributed by atoms with Crippen LogP contribution in [0.1, 0.15) is 42.1 Å². The van der Waals surface area contributed by atoms with Crippen molar-refractivity contribution in [2.75, 3.05) is 32.9 Å². The van der Waals surface area contributed by atoms with E-state index in [2.05, 4.69) is 0 Å². The number of ketones is 1. The highest BCUT2D eigenvalue weighted by molar-refractivity contribution is 7.89. The summed E-state index contributed by atoms with van der Waals surface area (Å²) in [6, 6.07) is 15.1. The van der Waals surface area contributed by atoms with Gasteiger partial charge in [-0.3, -0.25) is 9.59 Å². The van der Waals surface area contributed by atoms with Gasteiger partial charge in [0.25, 0.3) is 0 Å². The fourth-order valence-electron chi connectivity index (χ4n) is 3.65. The summed E-state index contributed by atoms with van der Waals surface area (Å²) in [5.41, 5.74) is 1.15. The van der Waals surface area contributed by atoms with Crippen molar-refractivity contribution in [1.29, 1.82) is 0 Å². The Hall–Kier alpha value is -2.55. The van der Waals surface area contributed by atoms with Crippen LogP contribution in [0.15, 0.2) is 59.5 Å². The first-order valence-corrected chi connectivity index (χ1v) is 12.2. The van der Waals surface area contributed by atoms with Crippen molar-refractivity contribution in [1.82, 2.24) is 4.31 Å². The number of carbonyl (C=O) groups is 2. The lowest BCUT2D eigenvalue weighted by Crippen LogP contribution is -2.40. The number of sulfonamides is 1. The number of ether oxygens (including phenoxy) is 2. The van der Waals surface area contributed by atoms with Crippen molar-refractivity contribution in [2.24, 2.45) is 5.92 Å². The van der Waals surface area contributed by atoms with E-state index >= 15 is 0 Å². The zero-order chi connectivity index (χ0) is 23.1. The van der Waals surface area contributed by atoms with E-state index in [0.717, 1.165) is 12.0 Å². The molecule has 0 radical (unpaired) electrons. The van der Waals surface area contributed by atoms with Gasteiger partial charge in [-0.05, 0) is 35.7 Å². The SMILES string of the molecule is CCC(C)C(C(=O)OCC(=O)c1ccc(S(=O)(=O)N2CCOCC2)cc1)c1ccccc1. The molecule has 172 valence electrons. The third kappa shape index (κ3) is 5.62. The first-order chi connectivity index (χ1) is 15.3. The van der Waals surface area contributed by atoms with Crippen LogP contribution in [0, 0.1) is 5.92 Å². The van der Waals surface area contributed by atoms with Crippen LogP contribution in [0.2, 0.25) is 0 Å². The van der Waals surface area contributed by atoms with Gasteiger partial charge in [-0.2, -0.15) is 4.31 Å². The Balaban J connectivity index is 1.64. The van der Waals surface area contributed by atoms with E-state index in [-0.39, 0.29) is 16.6 Å². The van der Waals surface area contributed by atoms with Crippen LogP contribution < -0.4 is 0 Å². The molecule has 0 N–H and O–H groups in total. The Morgan fingerprint density at radius 1 is 1.03 bits per heavy atom. The Kier molecular flexibility index (Phi) is 8.17. The van der Waals surface area contributed by atoms with Gasteiger partial charge >= 0.3 is 5.97 Å². The summed E-state index contributed by atoms with van der Waals surface area (Å²) in [4.78, 5) is 25.4. The first-order valence-electron chi connectivity index (χ1n) is 10.8. The van der Waals surface area contributed by atoms with Crippen LogP contribution in [0.4, 0.5) is 0 Å². The largest absolute Gasteiger partial charge is 0.457 e. The van der Waals surface area contributed by atoms with Gasteiger partial charge in [-0.15, -0.1) is 0 Å². The molecule has 0 aromatic heterocycles. The molecule has 0 saturated carbocycles. The predicted octanol–water partition coefficient (Wildman–Crippen LogP) is 3.26. The standard InChI is InChI=1S/C24H29NO6S/c1-3-18(2)23(20-7-5-4-6-8-20)24(27)31-17-22(26)19-9-11-21(12-10-19)32(28,29)25-13-15-30-16-14-25/h4-12,18,23H,3,13-17H2,1-2H3. The molecule has 2 aromatic carbocycles. The molecule has 32 heavy (non-hydrogen) atoms. The molecule has 1 heterocycles. The van der Waals surface area contributed by atoms with Crippen LogP contribution in [0.5, 0.6) is 0 Å². The van der Waals surface area contributed by atoms with Crippen molar-refractivity contribution >= 4 is 21.8 Å². The summed E-state index contributed by atoms with van der Waals surface area (Å²) in [6.45, 7) is 4.92. The summed E-state index contributed by atoms with van der Waals surface area (Å²) in [5, 5.41) is 0. The number of carbonyl (C=O) groups excluding carboxylic acids is 2. The van der Waals surface area contributed by atoms with E-state index in [0.29, 0.717) is 31.9 Å². The van der Waals surface area contributed by atoms with Gasteiger partial charge in [0, 0.05) is 18.7 Å². The van der Waals surface area contributed by atoms with Gasteiger partial charge in [0.05, 0.1) is 24.0 Å². The van der Waals surface area contributed by atoms with Crippen LogP contribution >= 0.6 is 0 Å². The second kappa shape index (κ2) is 10.8. The minimum Gasteiger partial charge on any atom is -0.457 e. The number of esters is 1. The molecule has 0 aliphatic carbocycles. The smallest absolute Gasteiger partial charge is 0.314 e. The Morgan fingerprint density at radius 2 is 1.66 bits per heavy atom. The van der Waals surface area contributed by atoms with Gasteiger partial charge in [0.1, 0.15) is 0 Å². The minimum absolute atomic E-state index is 0.0599. The summed E-state index contributed by atoms with van der Waals surface area (Å²) in [6.07, 6.45) is 0.793. The van der Waals surface area contributed by atoms with E-state index in [1.165, 1.54) is 28.6 Å². The summed E-state index contributed by atoms with van der Waals surface area (Å²) in [5.74, 6) is -1.21. The van der Waals surface area contributed by atoms with Crippen LogP contribution in [0.3, 0.4) is 0 Å². The number of hydrogen-bond acceptors (Lipinski definition) is 6. The molecule has 0 spiro atoms. The molecular formula is C24H29NO6S. The molecular weight excluding hydrogens is 430 g/mol. The molecule has 1 saturated heterocycles. The quantitative estimate of drug-likeness (QED) is 0.422. The zero-order valence-corrected chi connectivity index (χ0v) is 19.2. The fraction of sp³-hybridized carbons (Fsp3) is 0.417. The average Bonchev–Trinajstić information content (AvgIpc) is 2.83. The number of hydrogen-bond donors (Lipinski definition) is 0. The second-order valence-corrected chi connectivity index (χ2v) is 9.78. The number of nitrogens with zero attached hydrogens (tertiary/aromatic N) is 1. The molecule has 2 atom stereocenters. The van der Waals surface area contributed by atoms with Gasteiger partial charge in [-0.25, -0.2) is 8.42 Å². The lowest BCUT2D eigenvalue weighted by Gasteiger charge is -2.26. The molecule has 0 bridgehead atoms. The zero-order valence-electron chi connectivity index (χ0n) is 18.4. The highest BCUT2D eigenvalue weighted by Gasteiger charge is 2.29. The molecule has 2 aromatic rings. The van der Waals surface area contributed by atoms with E-state index in [1.807, 2.05) is 44.2 Å². The van der Waals surface area contributed by atoms with Crippen LogP contribution in [-0.4, -0.2) is 57.4 Å². The molecule has 1 fully saturated rings. The maximum Gasteiger partial charge on any atom is 0.314 e. The Labute approximate surface area is 189 Å². The van der Waals surface area contributed by atoms with E-state index in [9.17, 15) is 18.0 Å². The lowest BCUT2D eigenvalue weighted by molar-refractivity contribution is -0.145. The maximum absolute atomic E-state index is 12.8. The second-order valence-electron chi connectivity index (χ2n) is 7.85. The lowest BCUT2D eigenvalue weighted by atomic mass is 9.85. The Morgan fingerprint density at radius 3 is 2.25 bits per heavy atom. The molecule has 1 aliphatic heterocycles. The summed E-state index contributed by atoms with van der Waals surface area (Å²) in [7, 11) is -3.63. The normalized spacial score (nSPS) is 16.8. The van der Waals surface area contributed by atoms with Crippen molar-refractivity contribution in [3.63, 3.8) is 0 Å². The molecule has 1 aliphatic rings.